The lowest BCUT2D eigenvalue weighted by molar-refractivity contribution is -0.140. The van der Waals surface area contributed by atoms with Crippen LogP contribution in [-0.4, -0.2) is 77.2 Å². The molecule has 2 aliphatic rings. The highest BCUT2D eigenvalue weighted by Gasteiger charge is 2.32. The third-order valence-electron chi connectivity index (χ3n) is 8.14. The number of nitrogens with zero attached hydrogens (tertiary/aromatic N) is 4. The molecule has 12 nitrogen and oxygen atoms in total. The number of halogens is 4. The van der Waals surface area contributed by atoms with Gasteiger partial charge in [0.25, 0.3) is 5.91 Å². The van der Waals surface area contributed by atoms with E-state index in [4.69, 9.17) is 32.5 Å². The van der Waals surface area contributed by atoms with Crippen LogP contribution in [0.15, 0.2) is 64.6 Å². The number of aldehydes is 1. The minimum absolute atomic E-state index is 0.0320. The van der Waals surface area contributed by atoms with Crippen molar-refractivity contribution in [3.63, 3.8) is 0 Å². The molecule has 49 heavy (non-hydrogen) atoms. The molecule has 0 bridgehead atoms. The number of hydrogen-bond donors (Lipinski definition) is 5. The lowest BCUT2D eigenvalue weighted by atomic mass is 9.99. The molecule has 1 unspecified atom stereocenters. The third kappa shape index (κ3) is 9.89. The average Bonchev–Trinajstić information content (AvgIpc) is 3.09. The monoisotopic (exact) mass is 704 g/mol. The van der Waals surface area contributed by atoms with Crippen molar-refractivity contribution in [1.82, 2.24) is 25.8 Å². The van der Waals surface area contributed by atoms with Gasteiger partial charge in [0, 0.05) is 36.9 Å². The van der Waals surface area contributed by atoms with Crippen molar-refractivity contribution >= 4 is 35.8 Å². The first-order valence-electron chi connectivity index (χ1n) is 15.6. The maximum atomic E-state index is 13.4. The van der Waals surface area contributed by atoms with Crippen LogP contribution in [0, 0.1) is 5.41 Å². The molecule has 0 saturated carbocycles. The maximum absolute atomic E-state index is 13.4. The summed E-state index contributed by atoms with van der Waals surface area (Å²) in [5.74, 6) is -1.21. The maximum Gasteiger partial charge on any atom is 0.416 e. The van der Waals surface area contributed by atoms with Gasteiger partial charge in [0.15, 0.2) is 5.76 Å². The van der Waals surface area contributed by atoms with Crippen LogP contribution in [0.1, 0.15) is 54.3 Å². The number of aliphatic imine (C=N–C) groups is 1. The second-order valence-corrected chi connectivity index (χ2v) is 11.9. The largest absolute Gasteiger partial charge is 0.504 e. The van der Waals surface area contributed by atoms with Crippen molar-refractivity contribution in [2.45, 2.75) is 52.2 Å². The summed E-state index contributed by atoms with van der Waals surface area (Å²) >= 11 is 6.40. The Morgan fingerprint density at radius 1 is 1.20 bits per heavy atom. The fraction of sp³-hybridized carbons (Fsp3) is 0.394. The molecule has 4 rings (SSSR count). The second kappa shape index (κ2) is 16.9. The molecular weight excluding hydrogens is 665 g/mol. The normalized spacial score (nSPS) is 17.1. The number of aliphatic hydroxyl groups excluding tert-OH is 1. The highest BCUT2D eigenvalue weighted by atomic mass is 35.5. The summed E-state index contributed by atoms with van der Waals surface area (Å²) in [6, 6.07) is 9.09. The Hall–Kier alpha value is -4.28. The molecule has 1 amide bonds. The van der Waals surface area contributed by atoms with Gasteiger partial charge < -0.3 is 31.2 Å². The Morgan fingerprint density at radius 2 is 1.94 bits per heavy atom. The number of hydrogen-bond acceptors (Lipinski definition) is 10. The van der Waals surface area contributed by atoms with E-state index in [0.717, 1.165) is 28.8 Å². The number of amides is 1. The van der Waals surface area contributed by atoms with Gasteiger partial charge in [0.05, 0.1) is 37.4 Å². The van der Waals surface area contributed by atoms with E-state index < -0.39 is 35.3 Å². The third-order valence-corrected chi connectivity index (χ3v) is 8.49. The van der Waals surface area contributed by atoms with Gasteiger partial charge in [-0.3, -0.25) is 14.6 Å². The van der Waals surface area contributed by atoms with E-state index in [2.05, 4.69) is 10.7 Å². The van der Waals surface area contributed by atoms with Crippen LogP contribution in [0.3, 0.4) is 0 Å². The molecule has 0 aliphatic carbocycles. The summed E-state index contributed by atoms with van der Waals surface area (Å²) in [5.41, 5.74) is 11.7. The molecule has 264 valence electrons. The first-order valence-corrected chi connectivity index (χ1v) is 16.0. The summed E-state index contributed by atoms with van der Waals surface area (Å²) in [5, 5.41) is 24.2. The van der Waals surface area contributed by atoms with Crippen molar-refractivity contribution in [2.24, 2.45) is 10.7 Å². The van der Waals surface area contributed by atoms with Gasteiger partial charge in [-0.25, -0.2) is 10.4 Å². The standard InChI is InChI=1S/C33H40ClF3N8O4/c1-3-27(8-14-46)40-20-41-31(23-4-5-25-19-49-15-9-22(25)16-23)42-45(18-24-6-7-26(17-28(24)34)33(35,36)37)44-12-10-43(11-13-44)32(48)29(39)30(47)21(2)38/h4-8,14,16-17,20,31,38,42,47H,3,9-13,15,18-19,39H2,1-2H3,(H,40,41)/b27-8-,30-29+,38-21?. The van der Waals surface area contributed by atoms with Crippen molar-refractivity contribution < 1.29 is 32.6 Å². The Balaban J connectivity index is 1.67. The fourth-order valence-corrected chi connectivity index (χ4v) is 5.53. The van der Waals surface area contributed by atoms with Gasteiger partial charge in [-0.2, -0.15) is 18.3 Å². The number of ether oxygens (including phenoxy) is 1. The molecule has 1 saturated heterocycles. The molecule has 1 fully saturated rings. The Kier molecular flexibility index (Phi) is 12.9. The van der Waals surface area contributed by atoms with E-state index in [0.29, 0.717) is 43.6 Å². The number of nitrogens with two attached hydrogens (primary N) is 1. The first kappa shape index (κ1) is 37.5. The van der Waals surface area contributed by atoms with Gasteiger partial charge >= 0.3 is 6.18 Å². The van der Waals surface area contributed by atoms with Gasteiger partial charge in [-0.05, 0) is 60.2 Å². The number of carbonyl (C=O) groups excluding carboxylic acids is 2. The Morgan fingerprint density at radius 3 is 2.57 bits per heavy atom. The number of carbonyl (C=O) groups is 2. The van der Waals surface area contributed by atoms with Crippen molar-refractivity contribution in [1.29, 1.82) is 5.41 Å². The van der Waals surface area contributed by atoms with Crippen LogP contribution in [0.25, 0.3) is 0 Å². The Labute approximate surface area is 287 Å². The van der Waals surface area contributed by atoms with Gasteiger partial charge in [-0.15, -0.1) is 0 Å². The number of benzene rings is 2. The summed E-state index contributed by atoms with van der Waals surface area (Å²) < 4.78 is 45.8. The number of hydrazine groups is 2. The predicted octanol–water partition coefficient (Wildman–Crippen LogP) is 4.37. The van der Waals surface area contributed by atoms with E-state index in [1.165, 1.54) is 30.3 Å². The molecule has 6 N–H and O–H groups in total. The van der Waals surface area contributed by atoms with Crippen LogP contribution >= 0.6 is 11.6 Å². The fourth-order valence-electron chi connectivity index (χ4n) is 5.29. The molecule has 2 heterocycles. The SMILES string of the molecule is CC/C(=C/C=O)N/C=N/C(NN(Cc1ccc(C(F)(F)F)cc1Cl)N1CCN(C(=O)/C(N)=C(\O)C(C)=N)CC1)c1ccc2c(c1)CCOC2. The zero-order valence-corrected chi connectivity index (χ0v) is 27.9. The highest BCUT2D eigenvalue weighted by molar-refractivity contribution is 6.31. The van der Waals surface area contributed by atoms with E-state index >= 15 is 0 Å². The lowest BCUT2D eigenvalue weighted by Crippen LogP contribution is -2.59. The van der Waals surface area contributed by atoms with Crippen LogP contribution < -0.4 is 16.5 Å². The topological polar surface area (TPSA) is 160 Å². The number of nitrogens with one attached hydrogen (secondary N) is 3. The minimum atomic E-state index is -4.57. The van der Waals surface area contributed by atoms with Gasteiger partial charge in [-0.1, -0.05) is 42.8 Å². The molecule has 0 spiro atoms. The van der Waals surface area contributed by atoms with Crippen molar-refractivity contribution in [2.75, 3.05) is 32.8 Å². The van der Waals surface area contributed by atoms with E-state index in [-0.39, 0.29) is 43.5 Å². The van der Waals surface area contributed by atoms with E-state index in [1.54, 1.807) is 5.12 Å². The molecule has 0 radical (unpaired) electrons. The minimum Gasteiger partial charge on any atom is -0.504 e. The molecular formula is C33H40ClF3N8O4. The molecule has 16 heteroatoms. The van der Waals surface area contributed by atoms with Gasteiger partial charge in [0.2, 0.25) is 0 Å². The van der Waals surface area contributed by atoms with Crippen molar-refractivity contribution in [3.05, 3.63) is 92.5 Å². The first-order chi connectivity index (χ1) is 23.3. The van der Waals surface area contributed by atoms with Crippen LogP contribution in [-0.2, 0) is 40.1 Å². The number of rotatable bonds is 13. The lowest BCUT2D eigenvalue weighted by Gasteiger charge is -2.42. The molecule has 1 atom stereocenters. The zero-order valence-electron chi connectivity index (χ0n) is 27.2. The second-order valence-electron chi connectivity index (χ2n) is 11.5. The van der Waals surface area contributed by atoms with E-state index in [9.17, 15) is 27.9 Å². The highest BCUT2D eigenvalue weighted by Crippen LogP contribution is 2.33. The summed E-state index contributed by atoms with van der Waals surface area (Å²) in [7, 11) is 0. The predicted molar refractivity (Wildman–Crippen MR) is 179 cm³/mol. The number of aliphatic hydroxyl groups is 1. The summed E-state index contributed by atoms with van der Waals surface area (Å²) in [6.45, 7) is 5.22. The number of fused-ring (bicyclic) bond motifs is 1. The molecule has 2 aromatic rings. The van der Waals surface area contributed by atoms with Gasteiger partial charge in [0.1, 0.15) is 18.1 Å². The van der Waals surface area contributed by atoms with Crippen LogP contribution in [0.2, 0.25) is 5.02 Å². The smallest absolute Gasteiger partial charge is 0.416 e. The van der Waals surface area contributed by atoms with E-state index in [1.807, 2.05) is 30.1 Å². The quantitative estimate of drug-likeness (QED) is 0.0510. The number of allylic oxidation sites excluding steroid dienone is 3. The Bertz CT molecular complexity index is 1620. The zero-order chi connectivity index (χ0) is 35.7. The molecule has 2 aromatic carbocycles. The average molecular weight is 705 g/mol. The molecule has 2 aliphatic heterocycles. The summed E-state index contributed by atoms with van der Waals surface area (Å²) in [6.07, 6.45) is -0.453. The molecule has 0 aromatic heterocycles. The summed E-state index contributed by atoms with van der Waals surface area (Å²) in [4.78, 5) is 30.2. The number of piperazine rings is 1. The van der Waals surface area contributed by atoms with Crippen molar-refractivity contribution in [3.8, 4) is 0 Å². The number of alkyl halides is 3. The van der Waals surface area contributed by atoms with Crippen LogP contribution in [0.5, 0.6) is 0 Å². The van der Waals surface area contributed by atoms with Crippen LogP contribution in [0.4, 0.5) is 13.2 Å².